The van der Waals surface area contributed by atoms with Crippen LogP contribution in [0.15, 0.2) is 59.7 Å². The molecule has 0 radical (unpaired) electrons. The van der Waals surface area contributed by atoms with Gasteiger partial charge < -0.3 is 9.72 Å². The molecule has 0 spiro atoms. The van der Waals surface area contributed by atoms with Crippen LogP contribution in [0.1, 0.15) is 40.9 Å². The van der Waals surface area contributed by atoms with Gasteiger partial charge in [0.2, 0.25) is 11.7 Å². The summed E-state index contributed by atoms with van der Waals surface area (Å²) in [7, 11) is 0. The highest BCUT2D eigenvalue weighted by Crippen LogP contribution is 2.22. The van der Waals surface area contributed by atoms with Crippen molar-refractivity contribution in [2.24, 2.45) is 5.10 Å². The van der Waals surface area contributed by atoms with Crippen LogP contribution >= 0.6 is 0 Å². The van der Waals surface area contributed by atoms with Crippen molar-refractivity contribution in [2.75, 3.05) is 13.2 Å². The molecular weight excluding hydrogens is 394 g/mol. The second-order valence-electron chi connectivity index (χ2n) is 7.43. The molecule has 1 aliphatic heterocycles. The molecule has 0 atom stereocenters. The summed E-state index contributed by atoms with van der Waals surface area (Å²) in [5.74, 6) is -1.08. The van der Waals surface area contributed by atoms with Crippen molar-refractivity contribution in [3.8, 4) is 0 Å². The lowest BCUT2D eigenvalue weighted by Gasteiger charge is -2.11. The average Bonchev–Trinajstić information content (AvgIpc) is 3.40. The number of para-hydroxylation sites is 1. The number of nitrogens with zero attached hydrogens (tertiary/aromatic N) is 2. The smallest absolute Gasteiger partial charge is 0.306 e. The molecule has 1 amide bonds. The minimum Gasteiger partial charge on any atom is -0.457 e. The Morgan fingerprint density at radius 1 is 1.03 bits per heavy atom. The summed E-state index contributed by atoms with van der Waals surface area (Å²) in [5.41, 5.74) is 3.97. The van der Waals surface area contributed by atoms with Gasteiger partial charge in [0.15, 0.2) is 6.61 Å². The van der Waals surface area contributed by atoms with Gasteiger partial charge in [-0.2, -0.15) is 5.10 Å². The maximum atomic E-state index is 12.6. The van der Waals surface area contributed by atoms with E-state index in [1.165, 1.54) is 5.01 Å². The monoisotopic (exact) mass is 417 g/mol. The number of Topliss-reactive ketones (excluding diaryl/α,β-unsaturated/α-hetero) is 1. The molecular formula is C24H23N3O4. The lowest BCUT2D eigenvalue weighted by molar-refractivity contribution is -0.145. The molecule has 31 heavy (non-hydrogen) atoms. The maximum absolute atomic E-state index is 12.6. The number of benzene rings is 2. The third-order valence-electron chi connectivity index (χ3n) is 5.28. The van der Waals surface area contributed by atoms with E-state index in [1.54, 1.807) is 0 Å². The largest absolute Gasteiger partial charge is 0.457 e. The van der Waals surface area contributed by atoms with Crippen LogP contribution in [0.25, 0.3) is 10.9 Å². The fourth-order valence-electron chi connectivity index (χ4n) is 3.73. The van der Waals surface area contributed by atoms with E-state index < -0.39 is 5.97 Å². The highest BCUT2D eigenvalue weighted by Gasteiger charge is 2.23. The molecule has 1 aliphatic rings. The zero-order valence-corrected chi connectivity index (χ0v) is 17.3. The normalized spacial score (nSPS) is 13.3. The van der Waals surface area contributed by atoms with Gasteiger partial charge in [-0.3, -0.25) is 14.4 Å². The van der Waals surface area contributed by atoms with Crippen LogP contribution in [0.5, 0.6) is 0 Å². The summed E-state index contributed by atoms with van der Waals surface area (Å²) in [6, 6.07) is 17.2. The van der Waals surface area contributed by atoms with Crippen molar-refractivity contribution in [1.29, 1.82) is 0 Å². The Kier molecular flexibility index (Phi) is 5.93. The fraction of sp³-hybridized carbons (Fsp3) is 0.250. The van der Waals surface area contributed by atoms with E-state index in [1.807, 2.05) is 61.5 Å². The van der Waals surface area contributed by atoms with E-state index >= 15 is 0 Å². The number of aryl methyl sites for hydroxylation is 1. The van der Waals surface area contributed by atoms with Crippen molar-refractivity contribution in [3.63, 3.8) is 0 Å². The molecule has 0 saturated heterocycles. The number of carbonyl (C=O) groups is 3. The molecule has 0 unspecified atom stereocenters. The quantitative estimate of drug-likeness (QED) is 0.469. The third kappa shape index (κ3) is 4.55. The summed E-state index contributed by atoms with van der Waals surface area (Å²) >= 11 is 0. The van der Waals surface area contributed by atoms with Gasteiger partial charge in [-0.15, -0.1) is 0 Å². The second-order valence-corrected chi connectivity index (χ2v) is 7.43. The van der Waals surface area contributed by atoms with Crippen molar-refractivity contribution in [1.82, 2.24) is 9.99 Å². The van der Waals surface area contributed by atoms with E-state index in [4.69, 9.17) is 4.74 Å². The lowest BCUT2D eigenvalue weighted by atomic mass is 10.1. The minimum absolute atomic E-state index is 0.00922. The zero-order chi connectivity index (χ0) is 21.8. The lowest BCUT2D eigenvalue weighted by Crippen LogP contribution is -2.24. The Labute approximate surface area is 179 Å². The van der Waals surface area contributed by atoms with Crippen LogP contribution in [-0.4, -0.2) is 46.5 Å². The summed E-state index contributed by atoms with van der Waals surface area (Å²) < 4.78 is 5.13. The summed E-state index contributed by atoms with van der Waals surface area (Å²) in [6.07, 6.45) is 0.578. The molecule has 0 saturated carbocycles. The van der Waals surface area contributed by atoms with Crippen molar-refractivity contribution in [3.05, 3.63) is 71.4 Å². The number of fused-ring (bicyclic) bond motifs is 1. The highest BCUT2D eigenvalue weighted by molar-refractivity contribution is 6.10. The molecule has 0 aliphatic carbocycles. The first-order valence-corrected chi connectivity index (χ1v) is 10.2. The topological polar surface area (TPSA) is 91.8 Å². The molecule has 1 N–H and O–H groups in total. The number of hydrazone groups is 1. The van der Waals surface area contributed by atoms with Crippen molar-refractivity contribution in [2.45, 2.75) is 26.2 Å². The van der Waals surface area contributed by atoms with Crippen molar-refractivity contribution < 1.29 is 19.1 Å². The Morgan fingerprint density at radius 2 is 1.77 bits per heavy atom. The zero-order valence-electron chi connectivity index (χ0n) is 17.3. The first kappa shape index (κ1) is 20.5. The Hall–Kier alpha value is -3.74. The number of H-pyrrole nitrogens is 1. The first-order valence-electron chi connectivity index (χ1n) is 10.2. The molecule has 7 nitrogen and oxygen atoms in total. The molecule has 0 fully saturated rings. The number of aromatic nitrogens is 1. The van der Waals surface area contributed by atoms with E-state index in [0.717, 1.165) is 27.9 Å². The van der Waals surface area contributed by atoms with Crippen LogP contribution in [-0.2, 0) is 14.3 Å². The van der Waals surface area contributed by atoms with Crippen LogP contribution in [0, 0.1) is 6.92 Å². The van der Waals surface area contributed by atoms with Gasteiger partial charge in [-0.1, -0.05) is 48.5 Å². The van der Waals surface area contributed by atoms with Gasteiger partial charge in [-0.25, -0.2) is 5.01 Å². The van der Waals surface area contributed by atoms with E-state index in [-0.39, 0.29) is 31.1 Å². The van der Waals surface area contributed by atoms with E-state index in [9.17, 15) is 14.4 Å². The average molecular weight is 417 g/mol. The number of nitrogens with one attached hydrogen (secondary N) is 1. The molecule has 4 rings (SSSR count). The third-order valence-corrected chi connectivity index (χ3v) is 5.28. The number of aromatic amines is 1. The van der Waals surface area contributed by atoms with Crippen LogP contribution in [0.3, 0.4) is 0 Å². The van der Waals surface area contributed by atoms with Gasteiger partial charge in [0, 0.05) is 35.0 Å². The number of ketones is 1. The number of rotatable bonds is 7. The molecule has 7 heteroatoms. The number of hydrogen-bond donors (Lipinski definition) is 1. The van der Waals surface area contributed by atoms with Crippen LogP contribution in [0.4, 0.5) is 0 Å². The number of carbonyl (C=O) groups excluding carboxylic acids is 3. The molecule has 2 aromatic carbocycles. The van der Waals surface area contributed by atoms with Gasteiger partial charge in [0.1, 0.15) is 0 Å². The van der Waals surface area contributed by atoms with Gasteiger partial charge in [0.25, 0.3) is 0 Å². The summed E-state index contributed by atoms with van der Waals surface area (Å²) in [4.78, 5) is 40.2. The van der Waals surface area contributed by atoms with Gasteiger partial charge >= 0.3 is 5.97 Å². The molecule has 0 bridgehead atoms. The van der Waals surface area contributed by atoms with Crippen LogP contribution in [0.2, 0.25) is 0 Å². The van der Waals surface area contributed by atoms with Gasteiger partial charge in [-0.05, 0) is 18.6 Å². The SMILES string of the molecule is Cc1[nH]c2ccccc2c1C(=O)COC(=O)CCC(=O)N1CCC(c2ccccc2)=N1. The Balaban J connectivity index is 1.28. The number of esters is 1. The number of ether oxygens (including phenoxy) is 1. The minimum atomic E-state index is -0.578. The highest BCUT2D eigenvalue weighted by atomic mass is 16.5. The standard InChI is InChI=1S/C24H23N3O4/c1-16-24(18-9-5-6-10-20(18)25-16)21(28)15-31-23(30)12-11-22(29)27-14-13-19(26-27)17-7-3-2-4-8-17/h2-10,25H,11-15H2,1H3. The first-order chi connectivity index (χ1) is 15.0. The summed E-state index contributed by atoms with van der Waals surface area (Å²) in [6.45, 7) is 1.96. The molecule has 1 aromatic heterocycles. The number of hydrogen-bond acceptors (Lipinski definition) is 5. The van der Waals surface area contributed by atoms with E-state index in [2.05, 4.69) is 10.1 Å². The van der Waals surface area contributed by atoms with E-state index in [0.29, 0.717) is 18.5 Å². The Bertz CT molecular complexity index is 1160. The predicted molar refractivity (Wildman–Crippen MR) is 117 cm³/mol. The second kappa shape index (κ2) is 8.95. The fourth-order valence-corrected chi connectivity index (χ4v) is 3.73. The Morgan fingerprint density at radius 3 is 2.58 bits per heavy atom. The van der Waals surface area contributed by atoms with Crippen LogP contribution < -0.4 is 0 Å². The summed E-state index contributed by atoms with van der Waals surface area (Å²) in [5, 5.41) is 6.58. The predicted octanol–water partition coefficient (Wildman–Crippen LogP) is 3.62. The number of amides is 1. The van der Waals surface area contributed by atoms with Crippen molar-refractivity contribution >= 4 is 34.3 Å². The molecule has 2 heterocycles. The van der Waals surface area contributed by atoms with Gasteiger partial charge in [0.05, 0.1) is 18.7 Å². The maximum Gasteiger partial charge on any atom is 0.306 e. The molecule has 158 valence electrons. The molecule has 3 aromatic rings.